The predicted octanol–water partition coefficient (Wildman–Crippen LogP) is 4.07. The average Bonchev–Trinajstić information content (AvgIpc) is 3.11. The first kappa shape index (κ1) is 23.8. The van der Waals surface area contributed by atoms with Gasteiger partial charge in [0.05, 0.1) is 16.7 Å². The molecule has 170 valence electrons. The molecule has 1 aliphatic heterocycles. The third-order valence-electron chi connectivity index (χ3n) is 5.23. The minimum Gasteiger partial charge on any atom is -0.390 e. The molecule has 0 aliphatic carbocycles. The van der Waals surface area contributed by atoms with Gasteiger partial charge < -0.3 is 14.9 Å². The first-order valence-corrected chi connectivity index (χ1v) is 10.1. The van der Waals surface area contributed by atoms with Crippen molar-refractivity contribution in [1.29, 1.82) is 5.26 Å². The Morgan fingerprint density at radius 3 is 2.66 bits per heavy atom. The number of aliphatic hydroxyl groups excluding tert-OH is 1. The van der Waals surface area contributed by atoms with Crippen LogP contribution in [-0.4, -0.2) is 41.2 Å². The third kappa shape index (κ3) is 4.36. The van der Waals surface area contributed by atoms with Gasteiger partial charge in [0.15, 0.2) is 0 Å². The molecule has 2 heterocycles. The van der Waals surface area contributed by atoms with E-state index < -0.39 is 41.2 Å². The summed E-state index contributed by atoms with van der Waals surface area (Å²) in [6, 6.07) is 4.69. The van der Waals surface area contributed by atoms with Crippen molar-refractivity contribution < 1.29 is 27.5 Å². The molecule has 0 saturated carbocycles. The molecule has 11 heteroatoms. The zero-order valence-corrected chi connectivity index (χ0v) is 17.9. The Hall–Kier alpha value is -2.90. The topological polar surface area (TPSA) is 80.5 Å². The van der Waals surface area contributed by atoms with E-state index in [9.17, 15) is 32.7 Å². The Morgan fingerprint density at radius 2 is 2.09 bits per heavy atom. The molecule has 6 nitrogen and oxygen atoms in total. The zero-order valence-electron chi connectivity index (χ0n) is 17.1. The molecule has 1 aliphatic rings. The number of hydrogen-bond acceptors (Lipinski definition) is 5. The largest absolute Gasteiger partial charge is 0.417 e. The third-order valence-corrected chi connectivity index (χ3v) is 5.52. The van der Waals surface area contributed by atoms with E-state index in [0.29, 0.717) is 0 Å². The number of alkyl halides is 3. The van der Waals surface area contributed by atoms with Crippen LogP contribution in [0.2, 0.25) is 5.02 Å². The fourth-order valence-electron chi connectivity index (χ4n) is 3.79. The van der Waals surface area contributed by atoms with Crippen LogP contribution in [0.5, 0.6) is 0 Å². The number of hydrogen-bond donors (Lipinski definition) is 1. The summed E-state index contributed by atoms with van der Waals surface area (Å²) >= 11 is 5.82. The first-order valence-electron chi connectivity index (χ1n) is 9.69. The highest BCUT2D eigenvalue weighted by Crippen LogP contribution is 2.38. The molecule has 1 aromatic carbocycles. The maximum Gasteiger partial charge on any atom is 0.417 e. The van der Waals surface area contributed by atoms with Gasteiger partial charge in [-0.15, -0.1) is 0 Å². The Labute approximate surface area is 186 Å². The average molecular weight is 471 g/mol. The molecule has 2 aromatic rings. The van der Waals surface area contributed by atoms with Crippen molar-refractivity contribution in [1.82, 2.24) is 4.98 Å². The number of halogens is 5. The number of aliphatic hydroxyl groups is 1. The molecule has 1 aromatic heterocycles. The van der Waals surface area contributed by atoms with Crippen LogP contribution < -0.4 is 9.80 Å². The highest BCUT2D eigenvalue weighted by atomic mass is 35.5. The summed E-state index contributed by atoms with van der Waals surface area (Å²) in [6.45, 7) is 3.13. The van der Waals surface area contributed by atoms with Crippen LogP contribution in [-0.2, 0) is 11.0 Å². The van der Waals surface area contributed by atoms with E-state index in [0.717, 1.165) is 12.1 Å². The molecular weight excluding hydrogens is 452 g/mol. The zero-order chi connectivity index (χ0) is 23.8. The van der Waals surface area contributed by atoms with Crippen LogP contribution in [0.1, 0.15) is 30.2 Å². The lowest BCUT2D eigenvalue weighted by Gasteiger charge is -2.32. The van der Waals surface area contributed by atoms with Crippen molar-refractivity contribution >= 4 is 29.0 Å². The van der Waals surface area contributed by atoms with Crippen LogP contribution in [0, 0.1) is 24.1 Å². The number of rotatable bonds is 4. The number of aryl methyl sites for hydroxylation is 1. The Balaban J connectivity index is 2.08. The van der Waals surface area contributed by atoms with E-state index in [1.807, 2.05) is 0 Å². The lowest BCUT2D eigenvalue weighted by molar-refractivity contribution is -0.137. The standard InChI is InChI=1S/C21H19ClF4N4O2/c1-3-29(12-4-5-16(23)15(22)9-12)20(32)18-17(31)6-7-30(18)19-13(10-27)14(21(24,25)26)8-11(2)28-19/h4-5,8-9,17-18,31H,3,6-7H2,1-2H3. The Bertz CT molecular complexity index is 1090. The number of nitrogens with zero attached hydrogens (tertiary/aromatic N) is 4. The van der Waals surface area contributed by atoms with Crippen LogP contribution in [0.15, 0.2) is 24.3 Å². The predicted molar refractivity (Wildman–Crippen MR) is 110 cm³/mol. The van der Waals surface area contributed by atoms with Crippen molar-refractivity contribution in [3.63, 3.8) is 0 Å². The van der Waals surface area contributed by atoms with Gasteiger partial charge in [-0.3, -0.25) is 4.79 Å². The molecule has 1 fully saturated rings. The summed E-state index contributed by atoms with van der Waals surface area (Å²) in [4.78, 5) is 20.0. The van der Waals surface area contributed by atoms with Gasteiger partial charge >= 0.3 is 6.18 Å². The number of benzene rings is 1. The maximum atomic E-state index is 13.6. The number of anilines is 2. The molecule has 2 unspecified atom stereocenters. The van der Waals surface area contributed by atoms with Crippen molar-refractivity contribution in [2.75, 3.05) is 22.9 Å². The van der Waals surface area contributed by atoms with Crippen molar-refractivity contribution in [3.8, 4) is 6.07 Å². The second-order valence-electron chi connectivity index (χ2n) is 7.29. The second kappa shape index (κ2) is 8.92. The molecule has 1 amide bonds. The van der Waals surface area contributed by atoms with Gasteiger partial charge in [0.2, 0.25) is 0 Å². The van der Waals surface area contributed by atoms with Crippen LogP contribution in [0.4, 0.5) is 29.1 Å². The van der Waals surface area contributed by atoms with Crippen LogP contribution in [0.25, 0.3) is 0 Å². The van der Waals surface area contributed by atoms with E-state index in [-0.39, 0.29) is 41.7 Å². The number of pyridine rings is 1. The second-order valence-corrected chi connectivity index (χ2v) is 7.70. The Kier molecular flexibility index (Phi) is 6.62. The smallest absolute Gasteiger partial charge is 0.390 e. The summed E-state index contributed by atoms with van der Waals surface area (Å²) in [6.07, 6.45) is -5.93. The van der Waals surface area contributed by atoms with E-state index in [2.05, 4.69) is 4.98 Å². The normalized spacial score (nSPS) is 18.5. The fraction of sp³-hybridized carbons (Fsp3) is 0.381. The number of carbonyl (C=O) groups excluding carboxylic acids is 1. The van der Waals surface area contributed by atoms with E-state index in [1.54, 1.807) is 13.0 Å². The number of carbonyl (C=O) groups is 1. The first-order chi connectivity index (χ1) is 15.0. The number of aromatic nitrogens is 1. The summed E-state index contributed by atoms with van der Waals surface area (Å²) in [7, 11) is 0. The minimum absolute atomic E-state index is 0.0107. The van der Waals surface area contributed by atoms with E-state index in [4.69, 9.17) is 11.6 Å². The molecule has 3 rings (SSSR count). The molecule has 1 N–H and O–H groups in total. The molecule has 1 saturated heterocycles. The fourth-order valence-corrected chi connectivity index (χ4v) is 3.96. The van der Waals surface area contributed by atoms with Gasteiger partial charge in [-0.25, -0.2) is 9.37 Å². The SMILES string of the molecule is CCN(C(=O)C1C(O)CCN1c1nc(C)cc(C(F)(F)F)c1C#N)c1ccc(F)c(Cl)c1. The summed E-state index contributed by atoms with van der Waals surface area (Å²) in [5, 5.41) is 19.8. The number of likely N-dealkylation sites (N-methyl/N-ethyl adjacent to an activating group) is 1. The van der Waals surface area contributed by atoms with Gasteiger partial charge in [-0.2, -0.15) is 18.4 Å². The molecule has 2 atom stereocenters. The van der Waals surface area contributed by atoms with Crippen LogP contribution in [0.3, 0.4) is 0 Å². The monoisotopic (exact) mass is 470 g/mol. The van der Waals surface area contributed by atoms with Gasteiger partial charge in [0, 0.05) is 24.5 Å². The van der Waals surface area contributed by atoms with Gasteiger partial charge in [-0.1, -0.05) is 11.6 Å². The summed E-state index contributed by atoms with van der Waals surface area (Å²) in [5.74, 6) is -1.63. The highest BCUT2D eigenvalue weighted by Gasteiger charge is 2.44. The minimum atomic E-state index is -4.80. The lowest BCUT2D eigenvalue weighted by Crippen LogP contribution is -2.50. The van der Waals surface area contributed by atoms with Crippen molar-refractivity contribution in [2.24, 2.45) is 0 Å². The molecule has 0 bridgehead atoms. The molecular formula is C21H19ClF4N4O2. The lowest BCUT2D eigenvalue weighted by atomic mass is 10.1. The van der Waals surface area contributed by atoms with Crippen molar-refractivity contribution in [3.05, 3.63) is 51.9 Å². The molecule has 0 radical (unpaired) electrons. The van der Waals surface area contributed by atoms with Gasteiger partial charge in [-0.05, 0) is 44.5 Å². The van der Waals surface area contributed by atoms with Gasteiger partial charge in [0.1, 0.15) is 29.3 Å². The van der Waals surface area contributed by atoms with E-state index in [1.165, 1.54) is 28.9 Å². The Morgan fingerprint density at radius 1 is 1.41 bits per heavy atom. The molecule has 32 heavy (non-hydrogen) atoms. The summed E-state index contributed by atoms with van der Waals surface area (Å²) < 4.78 is 54.1. The van der Waals surface area contributed by atoms with Crippen molar-refractivity contribution in [2.45, 2.75) is 38.6 Å². The summed E-state index contributed by atoms with van der Waals surface area (Å²) in [5.41, 5.74) is -1.61. The number of nitriles is 1. The van der Waals surface area contributed by atoms with Gasteiger partial charge in [0.25, 0.3) is 5.91 Å². The number of amides is 1. The van der Waals surface area contributed by atoms with Crippen LogP contribution >= 0.6 is 11.6 Å². The maximum absolute atomic E-state index is 13.6. The van der Waals surface area contributed by atoms with E-state index >= 15 is 0 Å². The quantitative estimate of drug-likeness (QED) is 0.681. The molecule has 0 spiro atoms. The highest BCUT2D eigenvalue weighted by molar-refractivity contribution is 6.31.